The minimum Gasteiger partial charge on any atom is -0.454 e. The number of hydrogen-bond acceptors (Lipinski definition) is 4. The van der Waals surface area contributed by atoms with Crippen LogP contribution in [0.4, 0.5) is 5.69 Å². The van der Waals surface area contributed by atoms with E-state index in [0.29, 0.717) is 30.1 Å². The quantitative estimate of drug-likeness (QED) is 0.567. The highest BCUT2D eigenvalue weighted by molar-refractivity contribution is 6.00. The van der Waals surface area contributed by atoms with Gasteiger partial charge in [-0.05, 0) is 63.4 Å². The molecule has 4 rings (SSSR count). The Morgan fingerprint density at radius 1 is 1.14 bits per heavy atom. The molecule has 0 spiro atoms. The van der Waals surface area contributed by atoms with Crippen molar-refractivity contribution in [2.75, 3.05) is 18.1 Å². The number of ketones is 1. The lowest BCUT2D eigenvalue weighted by atomic mass is 10.1. The number of esters is 1. The lowest BCUT2D eigenvalue weighted by Gasteiger charge is -2.15. The van der Waals surface area contributed by atoms with Crippen LogP contribution >= 0.6 is 0 Å². The Morgan fingerprint density at radius 2 is 1.86 bits per heavy atom. The Morgan fingerprint density at radius 3 is 2.46 bits per heavy atom. The van der Waals surface area contributed by atoms with E-state index in [2.05, 4.69) is 4.57 Å². The second-order valence-electron chi connectivity index (χ2n) is 7.58. The first-order chi connectivity index (χ1) is 13.5. The number of aromatic nitrogens is 1. The van der Waals surface area contributed by atoms with Gasteiger partial charge < -0.3 is 14.2 Å². The minimum atomic E-state index is -0.465. The van der Waals surface area contributed by atoms with E-state index in [1.807, 2.05) is 19.9 Å². The average molecular weight is 380 g/mol. The molecule has 0 bridgehead atoms. The molecule has 0 unspecified atom stereocenters. The summed E-state index contributed by atoms with van der Waals surface area (Å²) in [5.74, 6) is -0.618. The molecule has 1 saturated carbocycles. The van der Waals surface area contributed by atoms with E-state index >= 15 is 0 Å². The minimum absolute atomic E-state index is 0.108. The van der Waals surface area contributed by atoms with Crippen molar-refractivity contribution in [3.8, 4) is 0 Å². The van der Waals surface area contributed by atoms with Crippen LogP contribution in [0.2, 0.25) is 0 Å². The Hall–Kier alpha value is -2.89. The molecule has 0 radical (unpaired) electrons. The van der Waals surface area contributed by atoms with Crippen molar-refractivity contribution in [3.63, 3.8) is 0 Å². The fourth-order valence-corrected chi connectivity index (χ4v) is 3.92. The molecule has 2 heterocycles. The summed E-state index contributed by atoms with van der Waals surface area (Å²) in [6.07, 6.45) is 3.71. The van der Waals surface area contributed by atoms with Gasteiger partial charge >= 0.3 is 5.97 Å². The third-order valence-corrected chi connectivity index (χ3v) is 5.53. The smallest absolute Gasteiger partial charge is 0.340 e. The molecule has 2 fully saturated rings. The van der Waals surface area contributed by atoms with Crippen molar-refractivity contribution in [2.45, 2.75) is 45.6 Å². The van der Waals surface area contributed by atoms with Gasteiger partial charge in [-0.25, -0.2) is 4.79 Å². The van der Waals surface area contributed by atoms with E-state index in [4.69, 9.17) is 4.74 Å². The summed E-state index contributed by atoms with van der Waals surface area (Å²) in [6.45, 7) is 4.32. The van der Waals surface area contributed by atoms with Gasteiger partial charge in [-0.2, -0.15) is 0 Å². The molecule has 1 aliphatic heterocycles. The fourth-order valence-electron chi connectivity index (χ4n) is 3.92. The van der Waals surface area contributed by atoms with Crippen LogP contribution in [0.15, 0.2) is 30.3 Å². The van der Waals surface area contributed by atoms with E-state index in [9.17, 15) is 14.4 Å². The Labute approximate surface area is 164 Å². The second-order valence-corrected chi connectivity index (χ2v) is 7.58. The number of carbonyl (C=O) groups is 3. The summed E-state index contributed by atoms with van der Waals surface area (Å²) in [7, 11) is 0. The Kier molecular flexibility index (Phi) is 4.79. The zero-order valence-corrected chi connectivity index (χ0v) is 16.2. The SMILES string of the molecule is Cc1cc(C(=O)OCC(=O)c2ccc(N3CCCC3=O)cc2)c(C)n1C1CC1. The van der Waals surface area contributed by atoms with Gasteiger partial charge in [0, 0.05) is 41.6 Å². The van der Waals surface area contributed by atoms with Crippen molar-refractivity contribution < 1.29 is 19.1 Å². The van der Waals surface area contributed by atoms with Crippen molar-refractivity contribution in [1.82, 2.24) is 4.57 Å². The molecule has 1 aromatic carbocycles. The molecule has 28 heavy (non-hydrogen) atoms. The Balaban J connectivity index is 1.38. The number of ether oxygens (including phenoxy) is 1. The number of hydrogen-bond donors (Lipinski definition) is 0. The number of nitrogens with zero attached hydrogens (tertiary/aromatic N) is 2. The third kappa shape index (κ3) is 3.46. The maximum Gasteiger partial charge on any atom is 0.340 e. The lowest BCUT2D eigenvalue weighted by Crippen LogP contribution is -2.23. The summed E-state index contributed by atoms with van der Waals surface area (Å²) in [6, 6.07) is 9.21. The van der Waals surface area contributed by atoms with Gasteiger partial charge in [-0.15, -0.1) is 0 Å². The highest BCUT2D eigenvalue weighted by atomic mass is 16.5. The lowest BCUT2D eigenvalue weighted by molar-refractivity contribution is -0.117. The highest BCUT2D eigenvalue weighted by Gasteiger charge is 2.29. The number of Topliss-reactive ketones (excluding diaryl/α,β-unsaturated/α-hetero) is 1. The van der Waals surface area contributed by atoms with Crippen LogP contribution in [-0.4, -0.2) is 35.4 Å². The molecule has 146 valence electrons. The molecule has 6 nitrogen and oxygen atoms in total. The van der Waals surface area contributed by atoms with Gasteiger partial charge in [0.05, 0.1) is 5.56 Å². The largest absolute Gasteiger partial charge is 0.454 e. The molecule has 1 amide bonds. The van der Waals surface area contributed by atoms with Gasteiger partial charge in [0.1, 0.15) is 0 Å². The van der Waals surface area contributed by atoms with Crippen molar-refractivity contribution in [2.24, 2.45) is 0 Å². The topological polar surface area (TPSA) is 68.6 Å². The number of aryl methyl sites for hydroxylation is 1. The van der Waals surface area contributed by atoms with Gasteiger partial charge in [0.2, 0.25) is 5.91 Å². The molecule has 1 aliphatic carbocycles. The van der Waals surface area contributed by atoms with Crippen LogP contribution in [0.25, 0.3) is 0 Å². The molecule has 1 saturated heterocycles. The number of anilines is 1. The van der Waals surface area contributed by atoms with Gasteiger partial charge in [0.25, 0.3) is 0 Å². The Bertz CT molecular complexity index is 938. The van der Waals surface area contributed by atoms with E-state index in [-0.39, 0.29) is 18.3 Å². The predicted octanol–water partition coefficient (Wildman–Crippen LogP) is 3.61. The first kappa shape index (κ1) is 18.5. The molecule has 6 heteroatoms. The molecule has 1 aromatic heterocycles. The first-order valence-corrected chi connectivity index (χ1v) is 9.75. The van der Waals surface area contributed by atoms with Gasteiger partial charge in [-0.1, -0.05) is 0 Å². The molecule has 0 atom stereocenters. The molecular formula is C22H24N2O4. The summed E-state index contributed by atoms with van der Waals surface area (Å²) < 4.78 is 7.45. The zero-order valence-electron chi connectivity index (χ0n) is 16.2. The fraction of sp³-hybridized carbons (Fsp3) is 0.409. The summed E-state index contributed by atoms with van der Waals surface area (Å²) in [5, 5.41) is 0. The van der Waals surface area contributed by atoms with E-state index in [1.165, 1.54) is 0 Å². The maximum absolute atomic E-state index is 12.4. The summed E-state index contributed by atoms with van der Waals surface area (Å²) >= 11 is 0. The van der Waals surface area contributed by atoms with Crippen LogP contribution in [0.5, 0.6) is 0 Å². The summed E-state index contributed by atoms with van der Waals surface area (Å²) in [4.78, 5) is 38.4. The normalized spacial score (nSPS) is 16.5. The monoisotopic (exact) mass is 380 g/mol. The number of amides is 1. The van der Waals surface area contributed by atoms with Crippen LogP contribution in [-0.2, 0) is 9.53 Å². The predicted molar refractivity (Wildman–Crippen MR) is 105 cm³/mol. The van der Waals surface area contributed by atoms with E-state index in [1.54, 1.807) is 29.2 Å². The molecule has 0 N–H and O–H groups in total. The van der Waals surface area contributed by atoms with Gasteiger partial charge in [-0.3, -0.25) is 9.59 Å². The third-order valence-electron chi connectivity index (χ3n) is 5.53. The maximum atomic E-state index is 12.4. The molecule has 2 aliphatic rings. The van der Waals surface area contributed by atoms with Crippen molar-refractivity contribution >= 4 is 23.3 Å². The average Bonchev–Trinajstić information content (AvgIpc) is 3.35. The summed E-state index contributed by atoms with van der Waals surface area (Å²) in [5.41, 5.74) is 3.73. The number of benzene rings is 1. The van der Waals surface area contributed by atoms with Crippen LogP contribution in [0, 0.1) is 13.8 Å². The number of rotatable bonds is 6. The van der Waals surface area contributed by atoms with E-state index in [0.717, 1.165) is 36.3 Å². The molecule has 2 aromatic rings. The van der Waals surface area contributed by atoms with Crippen molar-refractivity contribution in [3.05, 3.63) is 52.8 Å². The standard InChI is InChI=1S/C22H24N2O4/c1-14-12-19(15(2)24(14)18-9-10-18)22(27)28-13-20(25)16-5-7-17(8-6-16)23-11-3-4-21(23)26/h5-8,12,18H,3-4,9-11,13H2,1-2H3. The van der Waals surface area contributed by atoms with Crippen LogP contribution in [0.1, 0.15) is 63.8 Å². The van der Waals surface area contributed by atoms with E-state index < -0.39 is 5.97 Å². The second kappa shape index (κ2) is 7.26. The zero-order chi connectivity index (χ0) is 19.8. The first-order valence-electron chi connectivity index (χ1n) is 9.75. The number of carbonyl (C=O) groups excluding carboxylic acids is 3. The van der Waals surface area contributed by atoms with Crippen LogP contribution < -0.4 is 4.90 Å². The van der Waals surface area contributed by atoms with Crippen LogP contribution in [0.3, 0.4) is 0 Å². The highest BCUT2D eigenvalue weighted by Crippen LogP contribution is 2.38. The molecular weight excluding hydrogens is 356 g/mol. The van der Waals surface area contributed by atoms with Gasteiger partial charge in [0.15, 0.2) is 12.4 Å². The van der Waals surface area contributed by atoms with Crippen molar-refractivity contribution in [1.29, 1.82) is 0 Å².